The lowest BCUT2D eigenvalue weighted by atomic mass is 10.1. The molecule has 0 aromatic carbocycles. The summed E-state index contributed by atoms with van der Waals surface area (Å²) in [5.41, 5.74) is -0.214. The number of ether oxygens (including phenoxy) is 1. The molecule has 0 fully saturated rings. The number of hydrogen-bond acceptors (Lipinski definition) is 3. The maximum absolute atomic E-state index is 11.6. The van der Waals surface area contributed by atoms with Crippen LogP contribution in [0.3, 0.4) is 0 Å². The van der Waals surface area contributed by atoms with Crippen LogP contribution in [0.25, 0.3) is 0 Å². The first-order chi connectivity index (χ1) is 11.0. The van der Waals surface area contributed by atoms with Crippen molar-refractivity contribution < 1.29 is 4.74 Å². The maximum Gasteiger partial charge on any atom is 0.250 e. The van der Waals surface area contributed by atoms with Crippen LogP contribution >= 0.6 is 0 Å². The molecule has 0 aliphatic heterocycles. The van der Waals surface area contributed by atoms with Gasteiger partial charge in [-0.3, -0.25) is 9.79 Å². The van der Waals surface area contributed by atoms with Gasteiger partial charge in [0.1, 0.15) is 0 Å². The third kappa shape index (κ3) is 7.83. The molecule has 0 saturated heterocycles. The van der Waals surface area contributed by atoms with Crippen molar-refractivity contribution >= 4 is 5.96 Å². The molecule has 0 spiro atoms. The van der Waals surface area contributed by atoms with Crippen LogP contribution in [0.4, 0.5) is 0 Å². The van der Waals surface area contributed by atoms with Gasteiger partial charge in [0.15, 0.2) is 5.96 Å². The Bertz CT molecular complexity index is 537. The second-order valence-corrected chi connectivity index (χ2v) is 6.03. The highest BCUT2D eigenvalue weighted by molar-refractivity contribution is 5.79. The highest BCUT2D eigenvalue weighted by Gasteiger charge is 2.15. The molecule has 0 saturated carbocycles. The van der Waals surface area contributed by atoms with Crippen LogP contribution in [0.1, 0.15) is 33.6 Å². The highest BCUT2D eigenvalue weighted by Crippen LogP contribution is 2.06. The Balaban J connectivity index is 2.34. The number of hydrogen-bond donors (Lipinski definition) is 2. The average molecular weight is 322 g/mol. The standard InChI is InChI=1S/C17H30N4O2/c1-5-18-16(20-14-17(2,3)23-4)19-11-7-9-13-21-12-8-6-10-15(21)22/h6,8,10,12H,5,7,9,11,13-14H2,1-4H3,(H2,18,19,20). The molecule has 0 bridgehead atoms. The van der Waals surface area contributed by atoms with Crippen molar-refractivity contribution in [3.63, 3.8) is 0 Å². The molecule has 1 rings (SSSR count). The molecule has 1 aromatic heterocycles. The summed E-state index contributed by atoms with van der Waals surface area (Å²) in [6.45, 7) is 9.04. The topological polar surface area (TPSA) is 67.7 Å². The summed E-state index contributed by atoms with van der Waals surface area (Å²) >= 11 is 0. The Morgan fingerprint density at radius 1 is 1.30 bits per heavy atom. The van der Waals surface area contributed by atoms with E-state index in [1.54, 1.807) is 23.8 Å². The Hall–Kier alpha value is -1.82. The molecular weight excluding hydrogens is 292 g/mol. The molecular formula is C17H30N4O2. The van der Waals surface area contributed by atoms with E-state index in [1.165, 1.54) is 0 Å². The van der Waals surface area contributed by atoms with Crippen molar-refractivity contribution in [2.45, 2.75) is 45.8 Å². The van der Waals surface area contributed by atoms with E-state index in [0.717, 1.165) is 38.4 Å². The maximum atomic E-state index is 11.6. The van der Waals surface area contributed by atoms with Crippen molar-refractivity contribution in [3.05, 3.63) is 34.7 Å². The fourth-order valence-electron chi connectivity index (χ4n) is 1.94. The third-order valence-electron chi connectivity index (χ3n) is 3.53. The van der Waals surface area contributed by atoms with Crippen LogP contribution in [-0.2, 0) is 11.3 Å². The number of rotatable bonds is 9. The summed E-state index contributed by atoms with van der Waals surface area (Å²) in [7, 11) is 1.70. The molecule has 0 atom stereocenters. The van der Waals surface area contributed by atoms with Gasteiger partial charge in [-0.25, -0.2) is 0 Å². The van der Waals surface area contributed by atoms with E-state index in [0.29, 0.717) is 6.54 Å². The molecule has 2 N–H and O–H groups in total. The van der Waals surface area contributed by atoms with E-state index in [4.69, 9.17) is 4.74 Å². The summed E-state index contributed by atoms with van der Waals surface area (Å²) in [5, 5.41) is 6.54. The Morgan fingerprint density at radius 3 is 2.74 bits per heavy atom. The highest BCUT2D eigenvalue weighted by atomic mass is 16.5. The predicted octanol–water partition coefficient (Wildman–Crippen LogP) is 1.61. The monoisotopic (exact) mass is 322 g/mol. The molecule has 0 unspecified atom stereocenters. The number of aryl methyl sites for hydroxylation is 1. The zero-order chi connectivity index (χ0) is 17.1. The Labute approximate surface area is 139 Å². The van der Waals surface area contributed by atoms with Crippen LogP contribution in [0.5, 0.6) is 0 Å². The first-order valence-electron chi connectivity index (χ1n) is 8.21. The molecule has 1 aromatic rings. The van der Waals surface area contributed by atoms with Gasteiger partial charge >= 0.3 is 0 Å². The fourth-order valence-corrected chi connectivity index (χ4v) is 1.94. The number of nitrogens with zero attached hydrogens (tertiary/aromatic N) is 2. The van der Waals surface area contributed by atoms with E-state index in [1.807, 2.05) is 33.0 Å². The lowest BCUT2D eigenvalue weighted by Crippen LogP contribution is -2.39. The van der Waals surface area contributed by atoms with Crippen LogP contribution in [0.15, 0.2) is 34.2 Å². The van der Waals surface area contributed by atoms with Gasteiger partial charge in [0.2, 0.25) is 5.56 Å². The van der Waals surface area contributed by atoms with Gasteiger partial charge in [0.05, 0.1) is 12.1 Å². The lowest BCUT2D eigenvalue weighted by molar-refractivity contribution is 0.0310. The van der Waals surface area contributed by atoms with E-state index in [2.05, 4.69) is 15.6 Å². The summed E-state index contributed by atoms with van der Waals surface area (Å²) in [6.07, 6.45) is 3.74. The second kappa shape index (κ2) is 10.0. The smallest absolute Gasteiger partial charge is 0.250 e. The number of aromatic nitrogens is 1. The van der Waals surface area contributed by atoms with E-state index >= 15 is 0 Å². The molecule has 0 amide bonds. The number of unbranched alkanes of at least 4 members (excludes halogenated alkanes) is 1. The molecule has 23 heavy (non-hydrogen) atoms. The second-order valence-electron chi connectivity index (χ2n) is 6.03. The first-order valence-corrected chi connectivity index (χ1v) is 8.21. The molecule has 1 heterocycles. The predicted molar refractivity (Wildman–Crippen MR) is 95.0 cm³/mol. The quantitative estimate of drug-likeness (QED) is 0.412. The van der Waals surface area contributed by atoms with Gasteiger partial charge in [-0.15, -0.1) is 0 Å². The molecule has 0 aliphatic carbocycles. The average Bonchev–Trinajstić information content (AvgIpc) is 2.54. The van der Waals surface area contributed by atoms with Crippen LogP contribution < -0.4 is 16.2 Å². The summed E-state index contributed by atoms with van der Waals surface area (Å²) in [6, 6.07) is 5.24. The SMILES string of the molecule is CCNC(=NCC(C)(C)OC)NCCCCn1ccccc1=O. The van der Waals surface area contributed by atoms with Crippen LogP contribution in [-0.4, -0.2) is 42.9 Å². The minimum absolute atomic E-state index is 0.0529. The number of pyridine rings is 1. The van der Waals surface area contributed by atoms with Crippen molar-refractivity contribution in [2.24, 2.45) is 4.99 Å². The van der Waals surface area contributed by atoms with E-state index < -0.39 is 0 Å². The van der Waals surface area contributed by atoms with Gasteiger partial charge in [-0.2, -0.15) is 0 Å². The molecule has 6 heteroatoms. The molecule has 130 valence electrons. The minimum Gasteiger partial charge on any atom is -0.377 e. The van der Waals surface area contributed by atoms with Gasteiger partial charge < -0.3 is 19.9 Å². The van der Waals surface area contributed by atoms with Crippen LogP contribution in [0, 0.1) is 0 Å². The van der Waals surface area contributed by atoms with Crippen molar-refractivity contribution in [1.29, 1.82) is 0 Å². The third-order valence-corrected chi connectivity index (χ3v) is 3.53. The number of methoxy groups -OCH3 is 1. The zero-order valence-corrected chi connectivity index (χ0v) is 14.8. The number of nitrogens with one attached hydrogen (secondary N) is 2. The van der Waals surface area contributed by atoms with Crippen molar-refractivity contribution in [3.8, 4) is 0 Å². The minimum atomic E-state index is -0.267. The molecule has 6 nitrogen and oxygen atoms in total. The molecule has 0 radical (unpaired) electrons. The Kier molecular flexibility index (Phi) is 8.40. The van der Waals surface area contributed by atoms with Gasteiger partial charge in [0.25, 0.3) is 0 Å². The zero-order valence-electron chi connectivity index (χ0n) is 14.8. The summed E-state index contributed by atoms with van der Waals surface area (Å²) in [5.74, 6) is 0.800. The van der Waals surface area contributed by atoms with Gasteiger partial charge in [-0.05, 0) is 39.7 Å². The normalized spacial score (nSPS) is 12.3. The van der Waals surface area contributed by atoms with Crippen molar-refractivity contribution in [2.75, 3.05) is 26.7 Å². The fraction of sp³-hybridized carbons (Fsp3) is 0.647. The summed E-state index contributed by atoms with van der Waals surface area (Å²) < 4.78 is 7.11. The van der Waals surface area contributed by atoms with Gasteiger partial charge in [0, 0.05) is 39.0 Å². The Morgan fingerprint density at radius 2 is 2.09 bits per heavy atom. The largest absolute Gasteiger partial charge is 0.377 e. The van der Waals surface area contributed by atoms with Gasteiger partial charge in [-0.1, -0.05) is 6.07 Å². The number of guanidine groups is 1. The summed E-state index contributed by atoms with van der Waals surface area (Å²) in [4.78, 5) is 16.1. The van der Waals surface area contributed by atoms with E-state index in [9.17, 15) is 4.79 Å². The number of aliphatic imine (C=N–C) groups is 1. The first kappa shape index (κ1) is 19.2. The van der Waals surface area contributed by atoms with Crippen LogP contribution in [0.2, 0.25) is 0 Å². The molecule has 0 aliphatic rings. The lowest BCUT2D eigenvalue weighted by Gasteiger charge is -2.21. The van der Waals surface area contributed by atoms with E-state index in [-0.39, 0.29) is 11.2 Å². The van der Waals surface area contributed by atoms with Crippen molar-refractivity contribution in [1.82, 2.24) is 15.2 Å².